The molecular weight excluding hydrogens is 919 g/mol. The van der Waals surface area contributed by atoms with Gasteiger partial charge in [-0.1, -0.05) is 62.3 Å². The summed E-state index contributed by atoms with van der Waals surface area (Å²) in [5, 5.41) is 26.2. The maximum atomic E-state index is 12.9. The van der Waals surface area contributed by atoms with Crippen LogP contribution in [0.4, 0.5) is 92.2 Å². The van der Waals surface area contributed by atoms with Gasteiger partial charge >= 0.3 is 54.1 Å². The van der Waals surface area contributed by atoms with Crippen molar-refractivity contribution in [2.45, 2.75) is 116 Å². The Bertz CT molecular complexity index is 1350. The second-order valence-corrected chi connectivity index (χ2v) is 14.4. The molecule has 0 spiro atoms. The average molecular weight is 952 g/mol. The molecule has 6 nitrogen and oxygen atoms in total. The molecule has 0 aromatic carbocycles. The number of alkyl halides is 21. The Morgan fingerprint density at radius 1 is 0.328 bits per heavy atom. The summed E-state index contributed by atoms with van der Waals surface area (Å²) in [5.74, 6) is -48.8. The van der Waals surface area contributed by atoms with Gasteiger partial charge in [0.25, 0.3) is 0 Å². The first-order valence-electron chi connectivity index (χ1n) is 14.5. The standard InChI is InChI=1S/3C10H11F7O2.Cu/c3*1-7(2,3)5(18)4-6(19)8(11,12)9(13,14)10(15,16)17;/h3*4,19H,1-3H3;/b3*6-4-;. The number of halogens is 21. The number of aliphatic hydroxyl groups is 3. The Morgan fingerprint density at radius 2 is 0.448 bits per heavy atom. The van der Waals surface area contributed by atoms with E-state index >= 15 is 0 Å². The van der Waals surface area contributed by atoms with Crippen molar-refractivity contribution in [2.75, 3.05) is 0 Å². The topological polar surface area (TPSA) is 112 Å². The van der Waals surface area contributed by atoms with Crippen LogP contribution in [0.25, 0.3) is 0 Å². The van der Waals surface area contributed by atoms with Crippen molar-refractivity contribution in [1.82, 2.24) is 0 Å². The predicted molar refractivity (Wildman–Crippen MR) is 153 cm³/mol. The van der Waals surface area contributed by atoms with Gasteiger partial charge in [0.15, 0.2) is 34.6 Å². The van der Waals surface area contributed by atoms with Gasteiger partial charge in [0.05, 0.1) is 0 Å². The van der Waals surface area contributed by atoms with Crippen molar-refractivity contribution < 1.29 is 139 Å². The second-order valence-electron chi connectivity index (χ2n) is 14.4. The van der Waals surface area contributed by atoms with Gasteiger partial charge in [-0.2, -0.15) is 92.2 Å². The Morgan fingerprint density at radius 3 is 0.534 bits per heavy atom. The van der Waals surface area contributed by atoms with E-state index in [1.807, 2.05) is 0 Å². The van der Waals surface area contributed by atoms with Gasteiger partial charge in [0, 0.05) is 51.5 Å². The number of aliphatic hydroxyl groups excluding tert-OH is 3. The molecule has 58 heavy (non-hydrogen) atoms. The molecule has 0 atom stereocenters. The van der Waals surface area contributed by atoms with E-state index in [1.54, 1.807) is 0 Å². The monoisotopic (exact) mass is 951 g/mol. The van der Waals surface area contributed by atoms with Gasteiger partial charge in [-0.25, -0.2) is 0 Å². The zero-order valence-electron chi connectivity index (χ0n) is 30.5. The van der Waals surface area contributed by atoms with Crippen LogP contribution in [0.5, 0.6) is 0 Å². The number of hydrogen-bond acceptors (Lipinski definition) is 6. The first-order chi connectivity index (χ1) is 24.1. The third-order valence-corrected chi connectivity index (χ3v) is 6.24. The SMILES string of the molecule is CC(C)(C)C(=O)/C=C(\O)C(F)(F)C(F)(F)C(F)(F)F.CC(C)(C)C(=O)/C=C(\O)C(F)(F)C(F)(F)C(F)(F)F.CC(C)(C)C(=O)/C=C(\O)C(F)(F)C(F)(F)C(F)(F)F.[Cu]. The van der Waals surface area contributed by atoms with E-state index in [9.17, 15) is 107 Å². The smallest absolute Gasteiger partial charge is 0.460 e. The van der Waals surface area contributed by atoms with Gasteiger partial charge in [0.2, 0.25) is 0 Å². The third kappa shape index (κ3) is 14.4. The molecule has 0 unspecified atom stereocenters. The fraction of sp³-hybridized carbons (Fsp3) is 0.700. The average Bonchev–Trinajstić information content (AvgIpc) is 2.93. The van der Waals surface area contributed by atoms with E-state index in [0.29, 0.717) is 0 Å². The maximum Gasteiger partial charge on any atom is 0.460 e. The quantitative estimate of drug-likeness (QED) is 0.0919. The van der Waals surface area contributed by atoms with E-state index in [-0.39, 0.29) is 35.3 Å². The fourth-order valence-corrected chi connectivity index (χ4v) is 2.31. The van der Waals surface area contributed by atoms with Crippen molar-refractivity contribution >= 4 is 17.3 Å². The molecule has 0 aliphatic carbocycles. The Hall–Kier alpha value is -3.32. The third-order valence-electron chi connectivity index (χ3n) is 6.24. The fourth-order valence-electron chi connectivity index (χ4n) is 2.31. The largest absolute Gasteiger partial charge is 0.506 e. The summed E-state index contributed by atoms with van der Waals surface area (Å²) in [6, 6.07) is 0. The molecule has 0 amide bonds. The summed E-state index contributed by atoms with van der Waals surface area (Å²) in [4.78, 5) is 33.6. The number of hydrogen-bond donors (Lipinski definition) is 3. The summed E-state index contributed by atoms with van der Waals surface area (Å²) in [7, 11) is 0. The first kappa shape index (κ1) is 61.3. The van der Waals surface area contributed by atoms with Crippen molar-refractivity contribution in [1.29, 1.82) is 0 Å². The normalized spacial score (nSPS) is 15.3. The molecule has 0 aromatic heterocycles. The van der Waals surface area contributed by atoms with Crippen LogP contribution in [0.1, 0.15) is 62.3 Å². The van der Waals surface area contributed by atoms with Crippen LogP contribution in [0.15, 0.2) is 35.5 Å². The van der Waals surface area contributed by atoms with E-state index in [4.69, 9.17) is 15.3 Å². The Labute approximate surface area is 324 Å². The molecule has 0 heterocycles. The molecule has 0 aliphatic heterocycles. The van der Waals surface area contributed by atoms with E-state index in [0.717, 1.165) is 0 Å². The van der Waals surface area contributed by atoms with Crippen molar-refractivity contribution in [3.63, 3.8) is 0 Å². The number of rotatable bonds is 9. The molecule has 0 saturated heterocycles. The van der Waals surface area contributed by atoms with E-state index in [2.05, 4.69) is 0 Å². The van der Waals surface area contributed by atoms with Crippen LogP contribution in [0.3, 0.4) is 0 Å². The number of allylic oxidation sites excluding steroid dienone is 6. The minimum absolute atomic E-state index is 0. The van der Waals surface area contributed by atoms with Gasteiger partial charge in [-0.3, -0.25) is 14.4 Å². The van der Waals surface area contributed by atoms with Crippen LogP contribution in [0, 0.1) is 16.2 Å². The number of carbonyl (C=O) groups is 3. The van der Waals surface area contributed by atoms with Crippen LogP contribution >= 0.6 is 0 Å². The van der Waals surface area contributed by atoms with Crippen LogP contribution in [-0.2, 0) is 31.5 Å². The van der Waals surface area contributed by atoms with Crippen molar-refractivity contribution in [2.24, 2.45) is 16.2 Å². The summed E-state index contributed by atoms with van der Waals surface area (Å²) < 4.78 is 259. The molecule has 0 aliphatic rings. The first-order valence-corrected chi connectivity index (χ1v) is 14.5. The molecule has 0 aromatic rings. The Kier molecular flexibility index (Phi) is 19.6. The zero-order chi connectivity index (χ0) is 47.6. The van der Waals surface area contributed by atoms with E-state index in [1.165, 1.54) is 62.3 Å². The summed E-state index contributed by atoms with van der Waals surface area (Å²) in [6.07, 6.45) is -20.7. The Balaban J connectivity index is -0.000000374. The molecule has 3 N–H and O–H groups in total. The van der Waals surface area contributed by atoms with Gasteiger partial charge in [-0.15, -0.1) is 0 Å². The van der Waals surface area contributed by atoms with Crippen LogP contribution < -0.4 is 0 Å². The van der Waals surface area contributed by atoms with Crippen LogP contribution in [0.2, 0.25) is 0 Å². The molecule has 0 fully saturated rings. The predicted octanol–water partition coefficient (Wildman–Crippen LogP) is 11.6. The maximum absolute atomic E-state index is 12.9. The summed E-state index contributed by atoms with van der Waals surface area (Å²) in [5.41, 5.74) is -3.97. The van der Waals surface area contributed by atoms with Gasteiger partial charge in [0.1, 0.15) is 0 Å². The number of ketones is 3. The van der Waals surface area contributed by atoms with Gasteiger partial charge < -0.3 is 15.3 Å². The zero-order valence-corrected chi connectivity index (χ0v) is 31.5. The molecular formula is C30H33CuF21O6. The minimum atomic E-state index is -6.57. The molecule has 1 radical (unpaired) electrons. The molecule has 0 rings (SSSR count). The van der Waals surface area contributed by atoms with Crippen molar-refractivity contribution in [3.05, 3.63) is 35.5 Å². The summed E-state index contributed by atoms with van der Waals surface area (Å²) in [6.45, 7) is 10.9. The summed E-state index contributed by atoms with van der Waals surface area (Å²) >= 11 is 0. The second kappa shape index (κ2) is 18.5. The minimum Gasteiger partial charge on any atom is -0.506 e. The van der Waals surface area contributed by atoms with Crippen molar-refractivity contribution in [3.8, 4) is 0 Å². The van der Waals surface area contributed by atoms with Gasteiger partial charge in [-0.05, 0) is 0 Å². The molecule has 0 saturated carbocycles. The molecule has 0 bridgehead atoms. The number of carbonyl (C=O) groups excluding carboxylic acids is 3. The van der Waals surface area contributed by atoms with Crippen LogP contribution in [-0.4, -0.2) is 86.7 Å². The van der Waals surface area contributed by atoms with E-state index < -0.39 is 105 Å². The molecule has 28 heteroatoms. The molecule has 347 valence electrons.